The molecule has 0 aliphatic rings. The molecule has 112 valence electrons. The average molecular weight is 320 g/mol. The van der Waals surface area contributed by atoms with E-state index in [1.54, 1.807) is 0 Å². The van der Waals surface area contributed by atoms with Gasteiger partial charge in [0.15, 0.2) is 0 Å². The first-order chi connectivity index (χ1) is 11.3. The summed E-state index contributed by atoms with van der Waals surface area (Å²) in [5, 5.41) is 9.31. The monoisotopic (exact) mass is 319 g/mol. The van der Waals surface area contributed by atoms with Gasteiger partial charge in [-0.15, -0.1) is 0 Å². The topological polar surface area (TPSA) is 39.9 Å². The first-order valence-electron chi connectivity index (χ1n) is 7.21. The average Bonchev–Trinajstić information content (AvgIpc) is 2.57. The molecule has 0 fully saturated rings. The van der Waals surface area contributed by atoms with Crippen molar-refractivity contribution in [2.45, 2.75) is 6.42 Å². The predicted octanol–water partition coefficient (Wildman–Crippen LogP) is 5.27. The van der Waals surface area contributed by atoms with Crippen molar-refractivity contribution in [2.75, 3.05) is 4.90 Å². The van der Waals surface area contributed by atoms with Crippen LogP contribution >= 0.6 is 11.6 Å². The zero-order valence-electron chi connectivity index (χ0n) is 12.4. The van der Waals surface area contributed by atoms with Gasteiger partial charge in [-0.05, 0) is 36.4 Å². The maximum absolute atomic E-state index is 8.93. The lowest BCUT2D eigenvalue weighted by molar-refractivity contribution is 1.10. The van der Waals surface area contributed by atoms with Crippen molar-refractivity contribution >= 4 is 28.7 Å². The SMILES string of the molecule is N#CCc1cc(N(c2ccccc2)c2ccccc2)cc(Cl)n1. The Morgan fingerprint density at radius 1 is 0.870 bits per heavy atom. The third kappa shape index (κ3) is 3.50. The Balaban J connectivity index is 2.15. The molecule has 0 aliphatic heterocycles. The van der Waals surface area contributed by atoms with Crippen molar-refractivity contribution in [1.82, 2.24) is 4.98 Å². The maximum atomic E-state index is 8.93. The summed E-state index contributed by atoms with van der Waals surface area (Å²) in [5.41, 5.74) is 3.58. The number of aromatic nitrogens is 1. The van der Waals surface area contributed by atoms with Crippen LogP contribution in [0.25, 0.3) is 0 Å². The van der Waals surface area contributed by atoms with Crippen molar-refractivity contribution in [3.8, 4) is 6.07 Å². The third-order valence-electron chi connectivity index (χ3n) is 3.38. The molecule has 0 bridgehead atoms. The van der Waals surface area contributed by atoms with Crippen molar-refractivity contribution in [3.05, 3.63) is 83.6 Å². The number of rotatable bonds is 4. The zero-order valence-corrected chi connectivity index (χ0v) is 13.1. The van der Waals surface area contributed by atoms with Crippen LogP contribution in [-0.2, 0) is 6.42 Å². The van der Waals surface area contributed by atoms with Crippen LogP contribution < -0.4 is 4.90 Å². The van der Waals surface area contributed by atoms with Gasteiger partial charge >= 0.3 is 0 Å². The lowest BCUT2D eigenvalue weighted by Gasteiger charge is -2.25. The minimum absolute atomic E-state index is 0.227. The first-order valence-corrected chi connectivity index (χ1v) is 7.59. The quantitative estimate of drug-likeness (QED) is 0.615. The molecule has 0 spiro atoms. The summed E-state index contributed by atoms with van der Waals surface area (Å²) in [5.74, 6) is 0. The molecule has 3 aromatic rings. The highest BCUT2D eigenvalue weighted by Crippen LogP contribution is 2.35. The van der Waals surface area contributed by atoms with Crippen LogP contribution in [-0.4, -0.2) is 4.98 Å². The molecule has 2 aromatic carbocycles. The van der Waals surface area contributed by atoms with Crippen LogP contribution in [0.4, 0.5) is 17.1 Å². The molecule has 3 nitrogen and oxygen atoms in total. The van der Waals surface area contributed by atoms with Crippen LogP contribution in [0.15, 0.2) is 72.8 Å². The van der Waals surface area contributed by atoms with E-state index in [9.17, 15) is 0 Å². The predicted molar refractivity (Wildman–Crippen MR) is 93.2 cm³/mol. The van der Waals surface area contributed by atoms with Crippen LogP contribution in [0.3, 0.4) is 0 Å². The Hall–Kier alpha value is -2.83. The highest BCUT2D eigenvalue weighted by molar-refractivity contribution is 6.29. The van der Waals surface area contributed by atoms with Crippen molar-refractivity contribution in [1.29, 1.82) is 5.26 Å². The van der Waals surface area contributed by atoms with Gasteiger partial charge in [-0.2, -0.15) is 5.26 Å². The third-order valence-corrected chi connectivity index (χ3v) is 3.57. The fourth-order valence-corrected chi connectivity index (χ4v) is 2.66. The fourth-order valence-electron chi connectivity index (χ4n) is 2.44. The standard InChI is InChI=1S/C19H14ClN3/c20-19-14-18(13-15(22-19)11-12-21)23(16-7-3-1-4-8-16)17-9-5-2-6-10-17/h1-10,13-14H,11H2. The second kappa shape index (κ2) is 6.95. The Labute approximate surface area is 140 Å². The molecule has 0 aliphatic carbocycles. The second-order valence-electron chi connectivity index (χ2n) is 4.98. The summed E-state index contributed by atoms with van der Waals surface area (Å²) >= 11 is 6.16. The fraction of sp³-hybridized carbons (Fsp3) is 0.0526. The Kier molecular flexibility index (Phi) is 4.56. The van der Waals surface area contributed by atoms with Crippen molar-refractivity contribution in [2.24, 2.45) is 0 Å². The smallest absolute Gasteiger partial charge is 0.131 e. The van der Waals surface area contributed by atoms with E-state index >= 15 is 0 Å². The van der Waals surface area contributed by atoms with Gasteiger partial charge in [-0.3, -0.25) is 0 Å². The van der Waals surface area contributed by atoms with Crippen molar-refractivity contribution < 1.29 is 0 Å². The summed E-state index contributed by atoms with van der Waals surface area (Å²) in [6.45, 7) is 0. The van der Waals surface area contributed by atoms with Gasteiger partial charge in [0.05, 0.1) is 23.9 Å². The number of nitriles is 1. The number of anilines is 3. The van der Waals surface area contributed by atoms with Crippen LogP contribution in [0.5, 0.6) is 0 Å². The van der Waals surface area contributed by atoms with Gasteiger partial charge in [0.2, 0.25) is 0 Å². The van der Waals surface area contributed by atoms with Gasteiger partial charge in [-0.1, -0.05) is 48.0 Å². The molecule has 4 heteroatoms. The van der Waals surface area contributed by atoms with E-state index in [-0.39, 0.29) is 6.42 Å². The number of benzene rings is 2. The van der Waals surface area contributed by atoms with E-state index < -0.39 is 0 Å². The minimum atomic E-state index is 0.227. The van der Waals surface area contributed by atoms with Gasteiger partial charge in [0, 0.05) is 11.4 Å². The van der Waals surface area contributed by atoms with Crippen LogP contribution in [0.2, 0.25) is 5.15 Å². The molecule has 3 rings (SSSR count). The molecular weight excluding hydrogens is 306 g/mol. The number of nitrogens with zero attached hydrogens (tertiary/aromatic N) is 3. The summed E-state index contributed by atoms with van der Waals surface area (Å²) < 4.78 is 0. The second-order valence-corrected chi connectivity index (χ2v) is 5.37. The van der Waals surface area contributed by atoms with Crippen LogP contribution in [0, 0.1) is 11.3 Å². The van der Waals surface area contributed by atoms with Gasteiger partial charge in [0.1, 0.15) is 5.15 Å². The number of halogens is 1. The first kappa shape index (κ1) is 15.1. The molecule has 0 N–H and O–H groups in total. The largest absolute Gasteiger partial charge is 0.310 e. The van der Waals surface area contributed by atoms with E-state index in [2.05, 4.69) is 16.0 Å². The molecule has 1 heterocycles. The Morgan fingerprint density at radius 3 is 1.96 bits per heavy atom. The lowest BCUT2D eigenvalue weighted by Crippen LogP contribution is -2.10. The molecule has 0 amide bonds. The summed E-state index contributed by atoms with van der Waals surface area (Å²) in [6.07, 6.45) is 0.227. The van der Waals surface area contributed by atoms with Crippen LogP contribution in [0.1, 0.15) is 5.69 Å². The van der Waals surface area contributed by atoms with Gasteiger partial charge in [0.25, 0.3) is 0 Å². The summed E-state index contributed by atoms with van der Waals surface area (Å²) in [4.78, 5) is 6.30. The number of hydrogen-bond acceptors (Lipinski definition) is 3. The Bertz CT molecular complexity index is 787. The van der Waals surface area contributed by atoms with E-state index in [4.69, 9.17) is 16.9 Å². The van der Waals surface area contributed by atoms with E-state index in [0.29, 0.717) is 10.8 Å². The van der Waals surface area contributed by atoms with E-state index in [1.165, 1.54) is 0 Å². The normalized spacial score (nSPS) is 10.1. The summed E-state index contributed by atoms with van der Waals surface area (Å²) in [6, 6.07) is 25.9. The molecule has 1 aromatic heterocycles. The molecule has 0 saturated heterocycles. The molecule has 0 atom stereocenters. The van der Waals surface area contributed by atoms with Crippen molar-refractivity contribution in [3.63, 3.8) is 0 Å². The maximum Gasteiger partial charge on any atom is 0.131 e. The number of hydrogen-bond donors (Lipinski definition) is 0. The van der Waals surface area contributed by atoms with E-state index in [0.717, 1.165) is 17.1 Å². The highest BCUT2D eigenvalue weighted by atomic mass is 35.5. The molecule has 0 radical (unpaired) electrons. The lowest BCUT2D eigenvalue weighted by atomic mass is 10.2. The molecule has 0 unspecified atom stereocenters. The molecular formula is C19H14ClN3. The Morgan fingerprint density at radius 2 is 1.43 bits per heavy atom. The number of pyridine rings is 1. The molecule has 23 heavy (non-hydrogen) atoms. The summed E-state index contributed by atoms with van der Waals surface area (Å²) in [7, 11) is 0. The van der Waals surface area contributed by atoms with E-state index in [1.807, 2.05) is 72.8 Å². The van der Waals surface area contributed by atoms with Gasteiger partial charge < -0.3 is 4.90 Å². The number of para-hydroxylation sites is 2. The zero-order chi connectivity index (χ0) is 16.1. The minimum Gasteiger partial charge on any atom is -0.310 e. The highest BCUT2D eigenvalue weighted by Gasteiger charge is 2.13. The molecule has 0 saturated carbocycles. The van der Waals surface area contributed by atoms with Gasteiger partial charge in [-0.25, -0.2) is 4.98 Å².